The Morgan fingerprint density at radius 2 is 2.17 bits per heavy atom. The predicted octanol–water partition coefficient (Wildman–Crippen LogP) is 1.64. The molecule has 2 heterocycles. The largest absolute Gasteiger partial charge is 0.383 e. The van der Waals surface area contributed by atoms with Crippen molar-refractivity contribution in [3.05, 3.63) is 24.0 Å². The molecule has 1 saturated heterocycles. The summed E-state index contributed by atoms with van der Waals surface area (Å²) in [7, 11) is 0. The second-order valence-corrected chi connectivity index (χ2v) is 4.44. The lowest BCUT2D eigenvalue weighted by atomic mass is 10.1. The van der Waals surface area contributed by atoms with Crippen molar-refractivity contribution < 1.29 is 4.79 Å². The van der Waals surface area contributed by atoms with Gasteiger partial charge in [0.15, 0.2) is 0 Å². The fraction of sp³-hybridized carbons (Fsp3) is 0.538. The van der Waals surface area contributed by atoms with Crippen LogP contribution in [0.15, 0.2) is 18.5 Å². The minimum absolute atomic E-state index is 0.0600. The Labute approximate surface area is 108 Å². The van der Waals surface area contributed by atoms with Crippen LogP contribution in [-0.2, 0) is 0 Å². The van der Waals surface area contributed by atoms with Gasteiger partial charge in [0.25, 0.3) is 5.91 Å². The van der Waals surface area contributed by atoms with E-state index in [1.165, 1.54) is 6.42 Å². The highest BCUT2D eigenvalue weighted by Crippen LogP contribution is 2.14. The fourth-order valence-electron chi connectivity index (χ4n) is 2.13. The SMILES string of the molecule is CCNc1cnccc1C(=O)NN1CCCCC1. The Morgan fingerprint density at radius 1 is 1.39 bits per heavy atom. The van der Waals surface area contributed by atoms with E-state index in [1.807, 2.05) is 11.9 Å². The van der Waals surface area contributed by atoms with Crippen LogP contribution in [0.4, 0.5) is 5.69 Å². The average molecular weight is 248 g/mol. The van der Waals surface area contributed by atoms with Crippen molar-refractivity contribution in [3.63, 3.8) is 0 Å². The van der Waals surface area contributed by atoms with E-state index in [0.717, 1.165) is 38.2 Å². The topological polar surface area (TPSA) is 57.3 Å². The molecule has 1 aliphatic rings. The summed E-state index contributed by atoms with van der Waals surface area (Å²) in [5, 5.41) is 5.15. The smallest absolute Gasteiger partial charge is 0.267 e. The van der Waals surface area contributed by atoms with Gasteiger partial charge >= 0.3 is 0 Å². The molecule has 1 aromatic heterocycles. The van der Waals surface area contributed by atoms with Gasteiger partial charge in [0, 0.05) is 25.8 Å². The Hall–Kier alpha value is -1.62. The lowest BCUT2D eigenvalue weighted by molar-refractivity contribution is 0.0751. The molecule has 5 nitrogen and oxygen atoms in total. The third kappa shape index (κ3) is 3.20. The number of piperidine rings is 1. The van der Waals surface area contributed by atoms with E-state index in [-0.39, 0.29) is 5.91 Å². The standard InChI is InChI=1S/C13H20N4O/c1-2-15-12-10-14-7-6-11(12)13(18)16-17-8-4-3-5-9-17/h6-7,10,15H,2-5,8-9H2,1H3,(H,16,18). The number of amides is 1. The van der Waals surface area contributed by atoms with E-state index < -0.39 is 0 Å². The molecule has 1 aromatic rings. The fourth-order valence-corrected chi connectivity index (χ4v) is 2.13. The number of carbonyl (C=O) groups is 1. The number of aromatic nitrogens is 1. The molecule has 2 N–H and O–H groups in total. The number of anilines is 1. The number of hydrogen-bond donors (Lipinski definition) is 2. The molecule has 0 saturated carbocycles. The molecular weight excluding hydrogens is 228 g/mol. The van der Waals surface area contributed by atoms with Gasteiger partial charge in [-0.05, 0) is 25.8 Å². The molecule has 0 aliphatic carbocycles. The molecule has 0 bridgehead atoms. The van der Waals surface area contributed by atoms with Gasteiger partial charge in [-0.1, -0.05) is 6.42 Å². The highest BCUT2D eigenvalue weighted by Gasteiger charge is 2.16. The first-order valence-electron chi connectivity index (χ1n) is 6.55. The molecule has 0 aromatic carbocycles. The summed E-state index contributed by atoms with van der Waals surface area (Å²) in [5.74, 6) is -0.0600. The maximum atomic E-state index is 12.2. The van der Waals surface area contributed by atoms with Gasteiger partial charge in [0.2, 0.25) is 0 Å². The molecule has 1 fully saturated rings. The maximum absolute atomic E-state index is 12.2. The van der Waals surface area contributed by atoms with Gasteiger partial charge in [-0.3, -0.25) is 15.2 Å². The Kier molecular flexibility index (Phi) is 4.52. The molecule has 2 rings (SSSR count). The monoisotopic (exact) mass is 248 g/mol. The minimum atomic E-state index is -0.0600. The molecule has 0 radical (unpaired) electrons. The highest BCUT2D eigenvalue weighted by molar-refractivity contribution is 5.99. The zero-order chi connectivity index (χ0) is 12.8. The van der Waals surface area contributed by atoms with E-state index >= 15 is 0 Å². The lowest BCUT2D eigenvalue weighted by Crippen LogP contribution is -2.45. The maximum Gasteiger partial charge on any atom is 0.267 e. The summed E-state index contributed by atoms with van der Waals surface area (Å²) in [6.45, 7) is 4.65. The van der Waals surface area contributed by atoms with Crippen LogP contribution in [-0.4, -0.2) is 35.5 Å². The van der Waals surface area contributed by atoms with Crippen LogP contribution in [0.25, 0.3) is 0 Å². The van der Waals surface area contributed by atoms with Crippen molar-refractivity contribution in [1.29, 1.82) is 0 Å². The van der Waals surface area contributed by atoms with E-state index in [1.54, 1.807) is 18.5 Å². The Morgan fingerprint density at radius 3 is 2.89 bits per heavy atom. The van der Waals surface area contributed by atoms with Crippen LogP contribution in [0.1, 0.15) is 36.5 Å². The molecule has 0 spiro atoms. The molecule has 18 heavy (non-hydrogen) atoms. The van der Waals surface area contributed by atoms with Gasteiger partial charge in [-0.2, -0.15) is 0 Å². The second kappa shape index (κ2) is 6.35. The van der Waals surface area contributed by atoms with Gasteiger partial charge in [0.05, 0.1) is 17.4 Å². The molecule has 0 unspecified atom stereocenters. The van der Waals surface area contributed by atoms with Crippen molar-refractivity contribution in [2.45, 2.75) is 26.2 Å². The second-order valence-electron chi connectivity index (χ2n) is 4.44. The van der Waals surface area contributed by atoms with Crippen LogP contribution in [0, 0.1) is 0 Å². The number of nitrogens with zero attached hydrogens (tertiary/aromatic N) is 2. The summed E-state index contributed by atoms with van der Waals surface area (Å²) < 4.78 is 0. The molecule has 5 heteroatoms. The third-order valence-corrected chi connectivity index (χ3v) is 3.05. The molecule has 98 valence electrons. The van der Waals surface area contributed by atoms with Crippen LogP contribution >= 0.6 is 0 Å². The first-order chi connectivity index (χ1) is 8.81. The minimum Gasteiger partial charge on any atom is -0.383 e. The molecule has 1 amide bonds. The number of hydrazine groups is 1. The Balaban J connectivity index is 2.03. The van der Waals surface area contributed by atoms with Crippen molar-refractivity contribution >= 4 is 11.6 Å². The van der Waals surface area contributed by atoms with Crippen LogP contribution in [0.3, 0.4) is 0 Å². The number of carbonyl (C=O) groups excluding carboxylic acids is 1. The number of rotatable bonds is 4. The summed E-state index contributed by atoms with van der Waals surface area (Å²) in [4.78, 5) is 16.2. The van der Waals surface area contributed by atoms with Gasteiger partial charge < -0.3 is 5.32 Å². The molecule has 0 atom stereocenters. The van der Waals surface area contributed by atoms with E-state index in [9.17, 15) is 4.79 Å². The average Bonchev–Trinajstić information content (AvgIpc) is 2.41. The van der Waals surface area contributed by atoms with Crippen molar-refractivity contribution in [2.24, 2.45) is 0 Å². The Bertz CT molecular complexity index is 402. The van der Waals surface area contributed by atoms with Gasteiger partial charge in [0.1, 0.15) is 0 Å². The molecule has 1 aliphatic heterocycles. The van der Waals surface area contributed by atoms with E-state index in [2.05, 4.69) is 15.7 Å². The molecular formula is C13H20N4O. The van der Waals surface area contributed by atoms with Crippen LogP contribution in [0.5, 0.6) is 0 Å². The predicted molar refractivity (Wildman–Crippen MR) is 71.3 cm³/mol. The third-order valence-electron chi connectivity index (χ3n) is 3.05. The van der Waals surface area contributed by atoms with E-state index in [0.29, 0.717) is 5.56 Å². The zero-order valence-electron chi connectivity index (χ0n) is 10.8. The van der Waals surface area contributed by atoms with Crippen LogP contribution in [0.2, 0.25) is 0 Å². The number of pyridine rings is 1. The van der Waals surface area contributed by atoms with Crippen molar-refractivity contribution in [3.8, 4) is 0 Å². The normalized spacial score (nSPS) is 16.3. The number of hydrogen-bond acceptors (Lipinski definition) is 4. The summed E-state index contributed by atoms with van der Waals surface area (Å²) in [6, 6.07) is 1.75. The summed E-state index contributed by atoms with van der Waals surface area (Å²) in [6.07, 6.45) is 6.89. The quantitative estimate of drug-likeness (QED) is 0.850. The van der Waals surface area contributed by atoms with Crippen molar-refractivity contribution in [1.82, 2.24) is 15.4 Å². The van der Waals surface area contributed by atoms with Crippen LogP contribution < -0.4 is 10.7 Å². The van der Waals surface area contributed by atoms with Gasteiger partial charge in [-0.25, -0.2) is 5.01 Å². The summed E-state index contributed by atoms with van der Waals surface area (Å²) in [5.41, 5.74) is 4.40. The number of nitrogens with one attached hydrogen (secondary N) is 2. The highest BCUT2D eigenvalue weighted by atomic mass is 16.2. The lowest BCUT2D eigenvalue weighted by Gasteiger charge is -2.27. The summed E-state index contributed by atoms with van der Waals surface area (Å²) >= 11 is 0. The first-order valence-corrected chi connectivity index (χ1v) is 6.55. The zero-order valence-corrected chi connectivity index (χ0v) is 10.8. The van der Waals surface area contributed by atoms with E-state index in [4.69, 9.17) is 0 Å². The van der Waals surface area contributed by atoms with Crippen molar-refractivity contribution in [2.75, 3.05) is 25.0 Å². The van der Waals surface area contributed by atoms with Gasteiger partial charge in [-0.15, -0.1) is 0 Å². The first kappa shape index (κ1) is 12.8.